The quantitative estimate of drug-likeness (QED) is 0.598. The largest absolute Gasteiger partial charge is 0.406 e. The Morgan fingerprint density at radius 3 is 3.24 bits per heavy atom. The van der Waals surface area contributed by atoms with Gasteiger partial charge in [0.15, 0.2) is 0 Å². The van der Waals surface area contributed by atoms with Crippen molar-refractivity contribution in [3.63, 3.8) is 0 Å². The number of imidazole rings is 1. The molecule has 1 aliphatic heterocycles. The molecule has 17 heavy (non-hydrogen) atoms. The standard InChI is InChI=1S/C10H17N5O2/c1-14-7-13-10(15(16)17)9(14)12-6-8-3-2-4-11-5-8/h7-8,11-12H,2-6H2,1H3. The van der Waals surface area contributed by atoms with Gasteiger partial charge in [0, 0.05) is 13.6 Å². The van der Waals surface area contributed by atoms with Crippen LogP contribution < -0.4 is 10.6 Å². The van der Waals surface area contributed by atoms with E-state index in [1.807, 2.05) is 0 Å². The van der Waals surface area contributed by atoms with Gasteiger partial charge in [-0.05, 0) is 41.8 Å². The number of nitrogens with zero attached hydrogens (tertiary/aromatic N) is 3. The van der Waals surface area contributed by atoms with E-state index >= 15 is 0 Å². The van der Waals surface area contributed by atoms with E-state index in [9.17, 15) is 10.1 Å². The number of piperidine rings is 1. The molecule has 1 aromatic heterocycles. The van der Waals surface area contributed by atoms with Crippen LogP contribution in [-0.4, -0.2) is 34.1 Å². The van der Waals surface area contributed by atoms with Crippen LogP contribution in [0.3, 0.4) is 0 Å². The number of aromatic nitrogens is 2. The summed E-state index contributed by atoms with van der Waals surface area (Å²) in [6, 6.07) is 0. The van der Waals surface area contributed by atoms with Gasteiger partial charge < -0.3 is 20.7 Å². The smallest absolute Gasteiger partial charge is 0.364 e. The summed E-state index contributed by atoms with van der Waals surface area (Å²) in [6.07, 6.45) is 3.78. The summed E-state index contributed by atoms with van der Waals surface area (Å²) in [6.45, 7) is 2.79. The molecule has 0 aliphatic carbocycles. The van der Waals surface area contributed by atoms with Crippen molar-refractivity contribution < 1.29 is 4.92 Å². The van der Waals surface area contributed by atoms with Gasteiger partial charge in [0.05, 0.1) is 0 Å². The van der Waals surface area contributed by atoms with E-state index in [4.69, 9.17) is 0 Å². The van der Waals surface area contributed by atoms with Crippen LogP contribution in [0.2, 0.25) is 0 Å². The summed E-state index contributed by atoms with van der Waals surface area (Å²) in [5.74, 6) is 0.912. The van der Waals surface area contributed by atoms with E-state index < -0.39 is 4.92 Å². The van der Waals surface area contributed by atoms with Crippen LogP contribution in [0, 0.1) is 16.0 Å². The van der Waals surface area contributed by atoms with Crippen LogP contribution in [0.4, 0.5) is 11.6 Å². The van der Waals surface area contributed by atoms with Gasteiger partial charge in [0.2, 0.25) is 12.1 Å². The molecule has 0 bridgehead atoms. The van der Waals surface area contributed by atoms with E-state index in [1.54, 1.807) is 11.6 Å². The second kappa shape index (κ2) is 5.13. The minimum absolute atomic E-state index is 0.101. The normalized spacial score (nSPS) is 20.2. The predicted molar refractivity (Wildman–Crippen MR) is 63.9 cm³/mol. The molecule has 0 aromatic carbocycles. The van der Waals surface area contributed by atoms with Crippen molar-refractivity contribution in [3.8, 4) is 0 Å². The molecule has 1 aromatic rings. The predicted octanol–water partition coefficient (Wildman–Crippen LogP) is 0.740. The Morgan fingerprint density at radius 2 is 2.59 bits per heavy atom. The van der Waals surface area contributed by atoms with Gasteiger partial charge >= 0.3 is 5.82 Å². The molecule has 0 radical (unpaired) electrons. The summed E-state index contributed by atoms with van der Waals surface area (Å²) >= 11 is 0. The van der Waals surface area contributed by atoms with Crippen molar-refractivity contribution in [2.24, 2.45) is 13.0 Å². The molecule has 1 atom stereocenters. The second-order valence-corrected chi connectivity index (χ2v) is 4.38. The summed E-state index contributed by atoms with van der Waals surface area (Å²) in [4.78, 5) is 14.1. The third-order valence-electron chi connectivity index (χ3n) is 3.05. The zero-order valence-corrected chi connectivity index (χ0v) is 9.85. The number of anilines is 1. The van der Waals surface area contributed by atoms with Crippen molar-refractivity contribution in [2.75, 3.05) is 25.0 Å². The molecular formula is C10H17N5O2. The average molecular weight is 239 g/mol. The van der Waals surface area contributed by atoms with E-state index in [0.717, 1.165) is 26.1 Å². The zero-order valence-electron chi connectivity index (χ0n) is 9.85. The number of hydrogen-bond acceptors (Lipinski definition) is 5. The third-order valence-corrected chi connectivity index (χ3v) is 3.05. The zero-order chi connectivity index (χ0) is 12.3. The number of aryl methyl sites for hydroxylation is 1. The summed E-state index contributed by atoms with van der Waals surface area (Å²) in [5.41, 5.74) is 0. The Balaban J connectivity index is 1.97. The molecule has 1 unspecified atom stereocenters. The minimum Gasteiger partial charge on any atom is -0.364 e. The van der Waals surface area contributed by atoms with Crippen molar-refractivity contribution in [3.05, 3.63) is 16.4 Å². The topological polar surface area (TPSA) is 85.0 Å². The van der Waals surface area contributed by atoms with Crippen LogP contribution in [0.25, 0.3) is 0 Å². The Kier molecular flexibility index (Phi) is 3.58. The van der Waals surface area contributed by atoms with E-state index in [1.165, 1.54) is 12.7 Å². The Hall–Kier alpha value is -1.63. The molecule has 0 spiro atoms. The highest BCUT2D eigenvalue weighted by atomic mass is 16.6. The maximum atomic E-state index is 10.8. The molecule has 1 saturated heterocycles. The Labute approximate surface area is 99.4 Å². The van der Waals surface area contributed by atoms with Crippen LogP contribution >= 0.6 is 0 Å². The van der Waals surface area contributed by atoms with Crippen molar-refractivity contribution in [1.29, 1.82) is 0 Å². The molecule has 2 rings (SSSR count). The van der Waals surface area contributed by atoms with Gasteiger partial charge in [-0.2, -0.15) is 0 Å². The average Bonchev–Trinajstić information content (AvgIpc) is 2.69. The molecule has 1 aliphatic rings. The fourth-order valence-electron chi connectivity index (χ4n) is 2.09. The first-order chi connectivity index (χ1) is 8.18. The van der Waals surface area contributed by atoms with Gasteiger partial charge in [-0.1, -0.05) is 0 Å². The van der Waals surface area contributed by atoms with Gasteiger partial charge in [-0.3, -0.25) is 4.57 Å². The van der Waals surface area contributed by atoms with Crippen molar-refractivity contribution in [1.82, 2.24) is 14.9 Å². The molecule has 7 heteroatoms. The highest BCUT2D eigenvalue weighted by molar-refractivity contribution is 5.51. The highest BCUT2D eigenvalue weighted by Crippen LogP contribution is 2.22. The lowest BCUT2D eigenvalue weighted by Crippen LogP contribution is -2.33. The Bertz CT molecular complexity index is 397. The van der Waals surface area contributed by atoms with E-state index in [2.05, 4.69) is 15.6 Å². The Morgan fingerprint density at radius 1 is 1.76 bits per heavy atom. The van der Waals surface area contributed by atoms with Crippen LogP contribution in [0.15, 0.2) is 6.33 Å². The monoisotopic (exact) mass is 239 g/mol. The lowest BCUT2D eigenvalue weighted by molar-refractivity contribution is -0.388. The first-order valence-electron chi connectivity index (χ1n) is 5.78. The maximum absolute atomic E-state index is 10.8. The van der Waals surface area contributed by atoms with E-state index in [0.29, 0.717) is 11.7 Å². The lowest BCUT2D eigenvalue weighted by atomic mass is 10.00. The van der Waals surface area contributed by atoms with Crippen molar-refractivity contribution >= 4 is 11.6 Å². The fourth-order valence-corrected chi connectivity index (χ4v) is 2.09. The van der Waals surface area contributed by atoms with Gasteiger partial charge in [0.1, 0.15) is 0 Å². The summed E-state index contributed by atoms with van der Waals surface area (Å²) in [7, 11) is 1.75. The van der Waals surface area contributed by atoms with Gasteiger partial charge in [0.25, 0.3) is 0 Å². The third kappa shape index (κ3) is 2.73. The van der Waals surface area contributed by atoms with E-state index in [-0.39, 0.29) is 5.82 Å². The fraction of sp³-hybridized carbons (Fsp3) is 0.700. The van der Waals surface area contributed by atoms with Crippen LogP contribution in [0.5, 0.6) is 0 Å². The number of nitrogens with one attached hydrogen (secondary N) is 2. The van der Waals surface area contributed by atoms with Gasteiger partial charge in [-0.15, -0.1) is 0 Å². The summed E-state index contributed by atoms with van der Waals surface area (Å²) < 4.78 is 1.65. The second-order valence-electron chi connectivity index (χ2n) is 4.38. The van der Waals surface area contributed by atoms with Crippen LogP contribution in [-0.2, 0) is 7.05 Å². The molecule has 94 valence electrons. The molecule has 7 nitrogen and oxygen atoms in total. The first-order valence-corrected chi connectivity index (χ1v) is 5.78. The number of rotatable bonds is 4. The highest BCUT2D eigenvalue weighted by Gasteiger charge is 2.21. The lowest BCUT2D eigenvalue weighted by Gasteiger charge is -2.23. The van der Waals surface area contributed by atoms with Crippen LogP contribution in [0.1, 0.15) is 12.8 Å². The first kappa shape index (κ1) is 11.8. The number of hydrogen-bond donors (Lipinski definition) is 2. The molecular weight excluding hydrogens is 222 g/mol. The van der Waals surface area contributed by atoms with Crippen molar-refractivity contribution in [2.45, 2.75) is 12.8 Å². The maximum Gasteiger partial charge on any atom is 0.406 e. The SMILES string of the molecule is Cn1cnc([N+](=O)[O-])c1NCC1CCCNC1. The number of nitro groups is 1. The molecule has 2 heterocycles. The molecule has 0 saturated carbocycles. The molecule has 0 amide bonds. The van der Waals surface area contributed by atoms with Gasteiger partial charge in [-0.25, -0.2) is 0 Å². The molecule has 1 fully saturated rings. The summed E-state index contributed by atoms with van der Waals surface area (Å²) in [5, 5.41) is 17.2. The minimum atomic E-state index is -0.457. The molecule has 2 N–H and O–H groups in total.